The van der Waals surface area contributed by atoms with E-state index in [-0.39, 0.29) is 10.9 Å². The lowest BCUT2D eigenvalue weighted by molar-refractivity contribution is 0.411. The van der Waals surface area contributed by atoms with E-state index in [1.54, 1.807) is 25.3 Å². The largest absolute Gasteiger partial charge is 0.496 e. The molecule has 2 atom stereocenters. The zero-order chi connectivity index (χ0) is 15.3. The van der Waals surface area contributed by atoms with Crippen molar-refractivity contribution in [3.63, 3.8) is 0 Å². The summed E-state index contributed by atoms with van der Waals surface area (Å²) < 4.78 is 33.0. The number of halogens is 1. The van der Waals surface area contributed by atoms with E-state index in [0.29, 0.717) is 16.1 Å². The van der Waals surface area contributed by atoms with Gasteiger partial charge in [-0.05, 0) is 53.4 Å². The monoisotopic (exact) mass is 363 g/mol. The second kappa shape index (κ2) is 7.43. The van der Waals surface area contributed by atoms with Crippen molar-refractivity contribution in [1.29, 1.82) is 0 Å². The van der Waals surface area contributed by atoms with Crippen molar-refractivity contribution < 1.29 is 13.2 Å². The summed E-state index contributed by atoms with van der Waals surface area (Å²) in [7, 11) is -1.95. The maximum Gasteiger partial charge on any atom is 0.240 e. The fourth-order valence-electron chi connectivity index (χ4n) is 1.97. The first-order valence-corrected chi connectivity index (χ1v) is 8.93. The highest BCUT2D eigenvalue weighted by Crippen LogP contribution is 2.27. The van der Waals surface area contributed by atoms with Gasteiger partial charge in [0.25, 0.3) is 0 Å². The van der Waals surface area contributed by atoms with Crippen LogP contribution in [-0.2, 0) is 10.0 Å². The first kappa shape index (κ1) is 17.5. The van der Waals surface area contributed by atoms with Gasteiger partial charge >= 0.3 is 0 Å². The third kappa shape index (κ3) is 4.75. The van der Waals surface area contributed by atoms with Crippen LogP contribution in [-0.4, -0.2) is 21.6 Å². The van der Waals surface area contributed by atoms with Crippen molar-refractivity contribution in [3.05, 3.63) is 22.7 Å². The third-order valence-electron chi connectivity index (χ3n) is 3.24. The molecule has 1 aromatic carbocycles. The van der Waals surface area contributed by atoms with Gasteiger partial charge in [0.2, 0.25) is 10.0 Å². The van der Waals surface area contributed by atoms with Crippen LogP contribution in [0.1, 0.15) is 33.6 Å². The lowest BCUT2D eigenvalue weighted by Gasteiger charge is -2.18. The predicted molar refractivity (Wildman–Crippen MR) is 84.5 cm³/mol. The minimum Gasteiger partial charge on any atom is -0.496 e. The first-order chi connectivity index (χ1) is 9.30. The number of sulfonamides is 1. The summed E-state index contributed by atoms with van der Waals surface area (Å²) in [4.78, 5) is 0.237. The summed E-state index contributed by atoms with van der Waals surface area (Å²) in [6.45, 7) is 6.11. The van der Waals surface area contributed by atoms with Gasteiger partial charge in [0.15, 0.2) is 0 Å². The fourth-order valence-corrected chi connectivity index (χ4v) is 3.94. The van der Waals surface area contributed by atoms with Gasteiger partial charge in [0.05, 0.1) is 16.5 Å². The second-order valence-electron chi connectivity index (χ2n) is 5.07. The topological polar surface area (TPSA) is 55.4 Å². The Bertz CT molecular complexity index is 545. The molecular formula is C14H22BrNO3S. The number of hydrogen-bond acceptors (Lipinski definition) is 3. The first-order valence-electron chi connectivity index (χ1n) is 6.66. The van der Waals surface area contributed by atoms with Gasteiger partial charge in [-0.25, -0.2) is 13.1 Å². The molecule has 1 aromatic rings. The summed E-state index contributed by atoms with van der Waals surface area (Å²) in [5.74, 6) is 1.10. The Hall–Kier alpha value is -0.590. The smallest absolute Gasteiger partial charge is 0.240 e. The third-order valence-corrected chi connectivity index (χ3v) is 5.45. The molecule has 0 aliphatic carbocycles. The van der Waals surface area contributed by atoms with Crippen LogP contribution in [0.3, 0.4) is 0 Å². The molecule has 0 fully saturated rings. The van der Waals surface area contributed by atoms with Crippen molar-refractivity contribution >= 4 is 26.0 Å². The minimum atomic E-state index is -3.50. The van der Waals surface area contributed by atoms with Crippen LogP contribution < -0.4 is 9.46 Å². The highest BCUT2D eigenvalue weighted by Gasteiger charge is 2.19. The average Bonchev–Trinajstić information content (AvgIpc) is 2.37. The van der Waals surface area contributed by atoms with Crippen LogP contribution in [0.15, 0.2) is 27.6 Å². The molecule has 4 nitrogen and oxygen atoms in total. The zero-order valence-corrected chi connectivity index (χ0v) is 14.7. The number of methoxy groups -OCH3 is 1. The predicted octanol–water partition coefficient (Wildman–Crippen LogP) is 3.56. The van der Waals surface area contributed by atoms with E-state index < -0.39 is 10.0 Å². The highest BCUT2D eigenvalue weighted by molar-refractivity contribution is 9.10. The molecule has 2 unspecified atom stereocenters. The van der Waals surface area contributed by atoms with E-state index in [0.717, 1.165) is 12.8 Å². The van der Waals surface area contributed by atoms with Crippen LogP contribution in [0.5, 0.6) is 5.75 Å². The Morgan fingerprint density at radius 3 is 2.50 bits per heavy atom. The summed E-state index contributed by atoms with van der Waals surface area (Å²) in [5.41, 5.74) is 0. The maximum atomic E-state index is 12.3. The van der Waals surface area contributed by atoms with Crippen LogP contribution in [0.2, 0.25) is 0 Å². The van der Waals surface area contributed by atoms with Gasteiger partial charge in [-0.15, -0.1) is 0 Å². The number of ether oxygens (including phenoxy) is 1. The Morgan fingerprint density at radius 2 is 2.00 bits per heavy atom. The lowest BCUT2D eigenvalue weighted by Crippen LogP contribution is -2.33. The molecule has 20 heavy (non-hydrogen) atoms. The molecule has 0 aromatic heterocycles. The fraction of sp³-hybridized carbons (Fsp3) is 0.571. The quantitative estimate of drug-likeness (QED) is 0.805. The molecule has 114 valence electrons. The van der Waals surface area contributed by atoms with Crippen molar-refractivity contribution in [3.8, 4) is 5.75 Å². The zero-order valence-electron chi connectivity index (χ0n) is 12.3. The van der Waals surface area contributed by atoms with E-state index >= 15 is 0 Å². The molecule has 0 aliphatic heterocycles. The van der Waals surface area contributed by atoms with Crippen LogP contribution in [0, 0.1) is 5.92 Å². The van der Waals surface area contributed by atoms with Gasteiger partial charge in [-0.2, -0.15) is 0 Å². The Labute approximate surface area is 130 Å². The number of hydrogen-bond donors (Lipinski definition) is 1. The number of nitrogens with one attached hydrogen (secondary N) is 1. The molecule has 0 bridgehead atoms. The molecule has 0 saturated heterocycles. The molecule has 6 heteroatoms. The van der Waals surface area contributed by atoms with Gasteiger partial charge in [-0.1, -0.05) is 20.3 Å². The van der Waals surface area contributed by atoms with Crippen molar-refractivity contribution in [2.24, 2.45) is 5.92 Å². The second-order valence-corrected chi connectivity index (χ2v) is 7.64. The van der Waals surface area contributed by atoms with Crippen LogP contribution in [0.4, 0.5) is 0 Å². The molecule has 0 amide bonds. The van der Waals surface area contributed by atoms with Gasteiger partial charge in [0.1, 0.15) is 5.75 Å². The molecule has 0 aliphatic rings. The van der Waals surface area contributed by atoms with Crippen LogP contribution in [0.25, 0.3) is 0 Å². The average molecular weight is 364 g/mol. The molecule has 1 N–H and O–H groups in total. The molecule has 0 heterocycles. The number of rotatable bonds is 7. The summed E-state index contributed by atoms with van der Waals surface area (Å²) in [6, 6.07) is 4.65. The van der Waals surface area contributed by atoms with E-state index in [9.17, 15) is 8.42 Å². The normalized spacial score (nSPS) is 14.8. The van der Waals surface area contributed by atoms with E-state index in [1.807, 2.05) is 6.92 Å². The van der Waals surface area contributed by atoms with Gasteiger partial charge in [0, 0.05) is 6.04 Å². The Morgan fingerprint density at radius 1 is 1.35 bits per heavy atom. The van der Waals surface area contributed by atoms with Gasteiger partial charge < -0.3 is 4.74 Å². The maximum absolute atomic E-state index is 12.3. The Kier molecular flexibility index (Phi) is 6.48. The SMILES string of the molecule is CCC(C)CC(C)NS(=O)(=O)c1ccc(OC)c(Br)c1. The number of benzene rings is 1. The standard InChI is InChI=1S/C14H22BrNO3S/c1-5-10(2)8-11(3)16-20(17,18)12-6-7-14(19-4)13(15)9-12/h6-7,9-11,16H,5,8H2,1-4H3. The van der Waals surface area contributed by atoms with E-state index in [1.165, 1.54) is 0 Å². The molecule has 0 saturated carbocycles. The molecule has 1 rings (SSSR count). The van der Waals surface area contributed by atoms with Gasteiger partial charge in [-0.3, -0.25) is 0 Å². The highest BCUT2D eigenvalue weighted by atomic mass is 79.9. The molecular weight excluding hydrogens is 342 g/mol. The minimum absolute atomic E-state index is 0.0872. The summed E-state index contributed by atoms with van der Waals surface area (Å²) >= 11 is 3.30. The molecule has 0 radical (unpaired) electrons. The summed E-state index contributed by atoms with van der Waals surface area (Å²) in [5, 5.41) is 0. The lowest BCUT2D eigenvalue weighted by atomic mass is 10.0. The molecule has 0 spiro atoms. The van der Waals surface area contributed by atoms with Crippen molar-refractivity contribution in [2.75, 3.05) is 7.11 Å². The Balaban J connectivity index is 2.86. The van der Waals surface area contributed by atoms with E-state index in [4.69, 9.17) is 4.74 Å². The van der Waals surface area contributed by atoms with E-state index in [2.05, 4.69) is 34.5 Å². The summed E-state index contributed by atoms with van der Waals surface area (Å²) in [6.07, 6.45) is 1.87. The van der Waals surface area contributed by atoms with Crippen molar-refractivity contribution in [1.82, 2.24) is 4.72 Å². The van der Waals surface area contributed by atoms with Crippen LogP contribution >= 0.6 is 15.9 Å². The van der Waals surface area contributed by atoms with Crippen molar-refractivity contribution in [2.45, 2.75) is 44.6 Å².